The summed E-state index contributed by atoms with van der Waals surface area (Å²) in [5.41, 5.74) is 0.378. The van der Waals surface area contributed by atoms with E-state index >= 15 is 0 Å². The molecule has 4 aliphatic rings. The predicted octanol–water partition coefficient (Wildman–Crippen LogP) is 3.53. The van der Waals surface area contributed by atoms with Gasteiger partial charge in [0, 0.05) is 11.0 Å². The number of epoxide rings is 1. The normalized spacial score (nSPS) is 48.2. The molecule has 25 heavy (non-hydrogen) atoms. The maximum Gasteiger partial charge on any atom is 0.331 e. The first-order chi connectivity index (χ1) is 11.8. The number of esters is 1. The van der Waals surface area contributed by atoms with Crippen LogP contribution < -0.4 is 0 Å². The van der Waals surface area contributed by atoms with E-state index in [-0.39, 0.29) is 35.1 Å². The summed E-state index contributed by atoms with van der Waals surface area (Å²) in [5, 5.41) is 9.71. The van der Waals surface area contributed by atoms with Crippen LogP contribution in [0.15, 0.2) is 11.6 Å². The van der Waals surface area contributed by atoms with Crippen LogP contribution in [0.4, 0.5) is 0 Å². The molecule has 2 heterocycles. The van der Waals surface area contributed by atoms with Crippen molar-refractivity contribution in [2.75, 3.05) is 0 Å². The standard InChI is InChI=1S/C20H28O5/c1-11-7-9-20(3)13(16(21)22)5-4-6-14(20)19(11,2)10-8-12-15-18(24-15)25-17(12)23/h5,11-12,14-15,18H,4,6-10H2,1-3H3,(H,21,22)/t11-,12+,14-,15?,18?,19+,20-/m1/s1. The lowest BCUT2D eigenvalue weighted by molar-refractivity contribution is -0.152. The van der Waals surface area contributed by atoms with Gasteiger partial charge in [-0.15, -0.1) is 0 Å². The van der Waals surface area contributed by atoms with E-state index in [1.165, 1.54) is 0 Å². The van der Waals surface area contributed by atoms with Crippen molar-refractivity contribution in [2.24, 2.45) is 28.6 Å². The van der Waals surface area contributed by atoms with Crippen LogP contribution in [0.5, 0.6) is 0 Å². The molecule has 7 atom stereocenters. The van der Waals surface area contributed by atoms with Gasteiger partial charge in [0.25, 0.3) is 0 Å². The summed E-state index contributed by atoms with van der Waals surface area (Å²) in [6, 6.07) is 0. The number of hydrogen-bond acceptors (Lipinski definition) is 4. The van der Waals surface area contributed by atoms with Crippen molar-refractivity contribution < 1.29 is 24.2 Å². The van der Waals surface area contributed by atoms with E-state index in [0.717, 1.165) is 38.5 Å². The first kappa shape index (κ1) is 17.1. The fraction of sp³-hybridized carbons (Fsp3) is 0.800. The zero-order chi connectivity index (χ0) is 18.0. The van der Waals surface area contributed by atoms with Crippen LogP contribution in [0.25, 0.3) is 0 Å². The van der Waals surface area contributed by atoms with Crippen molar-refractivity contribution in [1.82, 2.24) is 0 Å². The molecule has 0 aromatic carbocycles. The molecule has 0 spiro atoms. The Morgan fingerprint density at radius 3 is 2.76 bits per heavy atom. The molecule has 0 aromatic heterocycles. The van der Waals surface area contributed by atoms with Crippen LogP contribution in [0.3, 0.4) is 0 Å². The lowest BCUT2D eigenvalue weighted by Crippen LogP contribution is -2.51. The number of allylic oxidation sites excluding steroid dienone is 1. The number of carboxylic acids is 1. The van der Waals surface area contributed by atoms with Gasteiger partial charge in [-0.05, 0) is 55.8 Å². The monoisotopic (exact) mass is 348 g/mol. The highest BCUT2D eigenvalue weighted by atomic mass is 16.8. The van der Waals surface area contributed by atoms with Crippen molar-refractivity contribution in [1.29, 1.82) is 0 Å². The van der Waals surface area contributed by atoms with Gasteiger partial charge in [-0.25, -0.2) is 4.79 Å². The molecule has 2 saturated heterocycles. The Morgan fingerprint density at radius 2 is 2.12 bits per heavy atom. The number of hydrogen-bond donors (Lipinski definition) is 1. The summed E-state index contributed by atoms with van der Waals surface area (Å²) in [7, 11) is 0. The summed E-state index contributed by atoms with van der Waals surface area (Å²) in [4.78, 5) is 23.8. The lowest BCUT2D eigenvalue weighted by atomic mass is 9.46. The quantitative estimate of drug-likeness (QED) is 0.621. The SMILES string of the molecule is C[C@@H]1CC[C@]2(C)C(C(=O)O)=CCC[C@@H]2[C@@]1(C)CC[C@@H]1C(=O)OC2OC21. The molecule has 4 rings (SSSR count). The molecule has 2 aliphatic heterocycles. The van der Waals surface area contributed by atoms with Crippen molar-refractivity contribution in [3.8, 4) is 0 Å². The summed E-state index contributed by atoms with van der Waals surface area (Å²) >= 11 is 0. The van der Waals surface area contributed by atoms with Gasteiger partial charge in [0.1, 0.15) is 6.10 Å². The molecule has 1 N–H and O–H groups in total. The average molecular weight is 348 g/mol. The van der Waals surface area contributed by atoms with Gasteiger partial charge in [-0.3, -0.25) is 4.79 Å². The minimum Gasteiger partial charge on any atom is -0.478 e. The van der Waals surface area contributed by atoms with E-state index < -0.39 is 5.97 Å². The molecular weight excluding hydrogens is 320 g/mol. The van der Waals surface area contributed by atoms with E-state index in [0.29, 0.717) is 17.4 Å². The molecule has 5 nitrogen and oxygen atoms in total. The van der Waals surface area contributed by atoms with Crippen LogP contribution in [0.1, 0.15) is 59.3 Å². The Kier molecular flexibility index (Phi) is 3.80. The second-order valence-corrected chi connectivity index (χ2v) is 8.97. The third-order valence-corrected chi connectivity index (χ3v) is 7.85. The lowest BCUT2D eigenvalue weighted by Gasteiger charge is -2.57. The number of fused-ring (bicyclic) bond motifs is 2. The summed E-state index contributed by atoms with van der Waals surface area (Å²) < 4.78 is 10.6. The summed E-state index contributed by atoms with van der Waals surface area (Å²) in [6.07, 6.45) is 7.14. The third kappa shape index (κ3) is 2.46. The minimum absolute atomic E-state index is 0.0369. The second kappa shape index (κ2) is 5.57. The van der Waals surface area contributed by atoms with Crippen LogP contribution in [0.2, 0.25) is 0 Å². The fourth-order valence-electron chi connectivity index (χ4n) is 6.02. The topological polar surface area (TPSA) is 76.1 Å². The molecular formula is C20H28O5. The number of carboxylic acid groups (broad SMARTS) is 1. The molecule has 3 fully saturated rings. The van der Waals surface area contributed by atoms with Gasteiger partial charge < -0.3 is 14.6 Å². The Balaban J connectivity index is 1.57. The van der Waals surface area contributed by atoms with Crippen molar-refractivity contribution in [3.05, 3.63) is 11.6 Å². The number of carbonyl (C=O) groups is 2. The maximum atomic E-state index is 12.0. The van der Waals surface area contributed by atoms with E-state index in [4.69, 9.17) is 9.47 Å². The molecule has 1 saturated carbocycles. The third-order valence-electron chi connectivity index (χ3n) is 7.85. The highest BCUT2D eigenvalue weighted by Crippen LogP contribution is 2.62. The molecule has 0 bridgehead atoms. The zero-order valence-corrected chi connectivity index (χ0v) is 15.3. The predicted molar refractivity (Wildman–Crippen MR) is 90.5 cm³/mol. The van der Waals surface area contributed by atoms with Gasteiger partial charge in [0.05, 0.1) is 5.92 Å². The van der Waals surface area contributed by atoms with E-state index in [9.17, 15) is 14.7 Å². The molecule has 2 aliphatic carbocycles. The largest absolute Gasteiger partial charge is 0.478 e. The van der Waals surface area contributed by atoms with Gasteiger partial charge in [0.15, 0.2) is 0 Å². The first-order valence-electron chi connectivity index (χ1n) is 9.57. The number of rotatable bonds is 4. The Bertz CT molecular complexity index is 640. The Morgan fingerprint density at radius 1 is 1.36 bits per heavy atom. The van der Waals surface area contributed by atoms with E-state index in [1.54, 1.807) is 0 Å². The molecule has 5 heteroatoms. The van der Waals surface area contributed by atoms with Crippen molar-refractivity contribution in [3.63, 3.8) is 0 Å². The van der Waals surface area contributed by atoms with E-state index in [2.05, 4.69) is 20.8 Å². The highest BCUT2D eigenvalue weighted by Gasteiger charge is 2.60. The van der Waals surface area contributed by atoms with Crippen LogP contribution >= 0.6 is 0 Å². The summed E-state index contributed by atoms with van der Waals surface area (Å²) in [6.45, 7) is 6.75. The Labute approximate surface area is 148 Å². The molecule has 2 unspecified atom stereocenters. The molecule has 0 amide bonds. The smallest absolute Gasteiger partial charge is 0.331 e. The van der Waals surface area contributed by atoms with Gasteiger partial charge >= 0.3 is 11.9 Å². The zero-order valence-electron chi connectivity index (χ0n) is 15.3. The number of aliphatic carboxylic acids is 1. The van der Waals surface area contributed by atoms with Gasteiger partial charge in [-0.2, -0.15) is 0 Å². The van der Waals surface area contributed by atoms with Crippen LogP contribution in [0, 0.1) is 28.6 Å². The number of ether oxygens (including phenoxy) is 2. The Hall–Kier alpha value is -1.36. The van der Waals surface area contributed by atoms with Crippen LogP contribution in [-0.2, 0) is 19.1 Å². The minimum atomic E-state index is -0.766. The molecule has 0 radical (unpaired) electrons. The molecule has 0 aromatic rings. The maximum absolute atomic E-state index is 12.0. The molecule has 138 valence electrons. The van der Waals surface area contributed by atoms with Crippen LogP contribution in [-0.4, -0.2) is 29.4 Å². The van der Waals surface area contributed by atoms with E-state index in [1.807, 2.05) is 6.08 Å². The van der Waals surface area contributed by atoms with Gasteiger partial charge in [0.2, 0.25) is 6.29 Å². The highest BCUT2D eigenvalue weighted by molar-refractivity contribution is 5.88. The fourth-order valence-corrected chi connectivity index (χ4v) is 6.02. The average Bonchev–Trinajstić information content (AvgIpc) is 3.23. The van der Waals surface area contributed by atoms with Crippen molar-refractivity contribution >= 4 is 11.9 Å². The van der Waals surface area contributed by atoms with Crippen molar-refractivity contribution in [2.45, 2.75) is 71.7 Å². The summed E-state index contributed by atoms with van der Waals surface area (Å²) in [5.74, 6) is -0.163. The number of carbonyl (C=O) groups excluding carboxylic acids is 1. The van der Waals surface area contributed by atoms with Gasteiger partial charge in [-0.1, -0.05) is 26.8 Å². The second-order valence-electron chi connectivity index (χ2n) is 8.97. The first-order valence-corrected chi connectivity index (χ1v) is 9.57.